The molecule has 1 aliphatic rings. The topological polar surface area (TPSA) is 33.5 Å². The zero-order valence-corrected chi connectivity index (χ0v) is 44.4. The molecule has 2 aromatic heterocycles. The van der Waals surface area contributed by atoms with Crippen molar-refractivity contribution in [1.29, 1.82) is 0 Å². The van der Waals surface area contributed by atoms with Gasteiger partial charge < -0.3 is 19.1 Å². The molecule has 3 heterocycles. The summed E-state index contributed by atoms with van der Waals surface area (Å²) in [6.07, 6.45) is 1.98. The summed E-state index contributed by atoms with van der Waals surface area (Å²) in [4.78, 5) is 9.27. The molecule has 0 N–H and O–H groups in total. The molecule has 0 aliphatic carbocycles. The molecule has 1 aliphatic heterocycles. The Morgan fingerprint density at radius 2 is 1.09 bits per heavy atom. The van der Waals surface area contributed by atoms with Crippen molar-refractivity contribution < 1.29 is 29.9 Å². The van der Waals surface area contributed by atoms with Gasteiger partial charge in [-0.25, -0.2) is 4.98 Å². The molecule has 0 spiro atoms. The Hall–Kier alpha value is -7.98. The van der Waals surface area contributed by atoms with Crippen LogP contribution in [0.25, 0.3) is 72.1 Å². The van der Waals surface area contributed by atoms with Crippen LogP contribution in [0.1, 0.15) is 56.8 Å². The van der Waals surface area contributed by atoms with Gasteiger partial charge in [-0.1, -0.05) is 216 Å². The molecule has 0 amide bonds. The van der Waals surface area contributed by atoms with E-state index in [9.17, 15) is 4.11 Å². The minimum Gasteiger partial charge on any atom is -0.509 e. The molecular formula is C68H55N4OPt-3. The van der Waals surface area contributed by atoms with E-state index in [0.717, 1.165) is 94.8 Å². The van der Waals surface area contributed by atoms with Crippen molar-refractivity contribution in [1.82, 2.24) is 9.55 Å². The molecule has 11 aromatic rings. The number of benzene rings is 9. The largest absolute Gasteiger partial charge is 0.509 e. The average Bonchev–Trinajstić information content (AvgIpc) is 4.01. The molecule has 0 fully saturated rings. The predicted molar refractivity (Wildman–Crippen MR) is 303 cm³/mol. The predicted octanol–water partition coefficient (Wildman–Crippen LogP) is 18.2. The molecule has 0 saturated carbocycles. The summed E-state index contributed by atoms with van der Waals surface area (Å²) >= 11 is 0. The number of ether oxygens (including phenoxy) is 1. The quantitative estimate of drug-likeness (QED) is 0.135. The molecule has 6 heteroatoms. The summed E-state index contributed by atoms with van der Waals surface area (Å²) in [6, 6.07) is 73.2. The van der Waals surface area contributed by atoms with Crippen LogP contribution in [0.4, 0.5) is 22.7 Å². The maximum absolute atomic E-state index is 9.48. The van der Waals surface area contributed by atoms with Crippen molar-refractivity contribution in [2.45, 2.75) is 52.4 Å². The molecule has 0 unspecified atom stereocenters. The van der Waals surface area contributed by atoms with Gasteiger partial charge in [0.15, 0.2) is 0 Å². The zero-order valence-electron chi connectivity index (χ0n) is 45.1. The molecule has 366 valence electrons. The fraction of sp³-hybridized carbons (Fsp3) is 0.118. The second-order valence-corrected chi connectivity index (χ2v) is 20.7. The summed E-state index contributed by atoms with van der Waals surface area (Å²) in [5, 5.41) is 2.01. The first-order valence-corrected chi connectivity index (χ1v) is 24.9. The summed E-state index contributed by atoms with van der Waals surface area (Å²) < 4.78 is 37.3. The van der Waals surface area contributed by atoms with Gasteiger partial charge in [-0.15, -0.1) is 48.2 Å². The van der Waals surface area contributed by atoms with Gasteiger partial charge in [-0.2, -0.15) is 6.04 Å². The Balaban J connectivity index is 0.00000631. The molecule has 74 heavy (non-hydrogen) atoms. The summed E-state index contributed by atoms with van der Waals surface area (Å²) in [5.74, 6) is 1.06. The molecule has 0 atom stereocenters. The minimum absolute atomic E-state index is 0. The van der Waals surface area contributed by atoms with Gasteiger partial charge in [0, 0.05) is 79.4 Å². The third-order valence-electron chi connectivity index (χ3n) is 13.9. The Morgan fingerprint density at radius 3 is 1.72 bits per heavy atom. The maximum Gasteiger partial charge on any atom is 0.135 e. The fourth-order valence-corrected chi connectivity index (χ4v) is 10.3. The van der Waals surface area contributed by atoms with Crippen LogP contribution in [0.15, 0.2) is 218 Å². The van der Waals surface area contributed by atoms with Crippen LogP contribution in [0, 0.1) is 18.8 Å². The molecule has 9 aromatic carbocycles. The van der Waals surface area contributed by atoms with Crippen molar-refractivity contribution in [3.63, 3.8) is 0 Å². The Kier molecular flexibility index (Phi) is 11.8. The van der Waals surface area contributed by atoms with E-state index in [0.29, 0.717) is 5.75 Å². The third kappa shape index (κ3) is 8.90. The van der Waals surface area contributed by atoms with Crippen molar-refractivity contribution in [3.8, 4) is 61.8 Å². The van der Waals surface area contributed by atoms with E-state index < -0.39 is 0 Å². The van der Waals surface area contributed by atoms with Gasteiger partial charge in [-0.3, -0.25) is 0 Å². The third-order valence-corrected chi connectivity index (χ3v) is 13.9. The van der Waals surface area contributed by atoms with Crippen molar-refractivity contribution >= 4 is 44.6 Å². The fourth-order valence-electron chi connectivity index (χ4n) is 10.3. The van der Waals surface area contributed by atoms with E-state index in [1.165, 1.54) is 5.56 Å². The molecule has 12 rings (SSSR count). The number of hydrogen-bond donors (Lipinski definition) is 0. The van der Waals surface area contributed by atoms with E-state index >= 15 is 0 Å². The van der Waals surface area contributed by atoms with Crippen LogP contribution in [-0.2, 0) is 31.9 Å². The van der Waals surface area contributed by atoms with Crippen molar-refractivity contribution in [2.24, 2.45) is 0 Å². The number of fused-ring (bicyclic) bond motifs is 4. The Morgan fingerprint density at radius 1 is 0.527 bits per heavy atom. The Bertz CT molecular complexity index is 3940. The summed E-state index contributed by atoms with van der Waals surface area (Å²) in [7, 11) is 0. The van der Waals surface area contributed by atoms with Crippen molar-refractivity contribution in [3.05, 3.63) is 248 Å². The van der Waals surface area contributed by atoms with E-state index in [-0.39, 0.29) is 61.5 Å². The first-order chi connectivity index (χ1) is 36.7. The number of pyridine rings is 1. The molecule has 0 bridgehead atoms. The van der Waals surface area contributed by atoms with Crippen LogP contribution >= 0.6 is 0 Å². The normalized spacial score (nSPS) is 13.1. The van der Waals surface area contributed by atoms with Gasteiger partial charge >= 0.3 is 0 Å². The minimum atomic E-state index is -0.284. The van der Waals surface area contributed by atoms with Crippen LogP contribution in [0.5, 0.6) is 11.5 Å². The first-order valence-electron chi connectivity index (χ1n) is 26.4. The van der Waals surface area contributed by atoms with E-state index in [1.54, 1.807) is 0 Å². The SMILES string of the molecule is [2H]c1c(Oc2[c-]c3c(c(-c4ccc(C(C)(C)C)cc4)c2)c2ccccc2n3-c2cc(C(C)(C)C)c(-c3ccccc3)cn2)[c-]c(N2[CH-]N(c3c(-c4ccccc4)cccc3-c3ccccc3)c3ccccc32)c([2H])c1[2H].[Pt]. The number of para-hydroxylation sites is 4. The maximum atomic E-state index is 9.48. The number of rotatable bonds is 9. The van der Waals surface area contributed by atoms with Crippen LogP contribution < -0.4 is 14.5 Å². The van der Waals surface area contributed by atoms with Gasteiger partial charge in [0.25, 0.3) is 0 Å². The summed E-state index contributed by atoms with van der Waals surface area (Å²) in [6.45, 7) is 15.3. The van der Waals surface area contributed by atoms with Gasteiger partial charge in [0.1, 0.15) is 5.82 Å². The monoisotopic (exact) mass is 1140 g/mol. The zero-order chi connectivity index (χ0) is 52.5. The van der Waals surface area contributed by atoms with Gasteiger partial charge in [-0.05, 0) is 76.6 Å². The molecule has 0 saturated heterocycles. The summed E-state index contributed by atoms with van der Waals surface area (Å²) in [5.41, 5.74) is 14.9. The number of aromatic nitrogens is 2. The van der Waals surface area contributed by atoms with Gasteiger partial charge in [0.05, 0.1) is 0 Å². The Labute approximate surface area is 453 Å². The van der Waals surface area contributed by atoms with E-state index in [2.05, 4.69) is 184 Å². The van der Waals surface area contributed by atoms with Crippen LogP contribution in [0.2, 0.25) is 0 Å². The average molecular weight is 1140 g/mol. The van der Waals surface area contributed by atoms with E-state index in [1.807, 2.05) is 90.6 Å². The number of hydrogen-bond acceptors (Lipinski definition) is 4. The van der Waals surface area contributed by atoms with Gasteiger partial charge in [0.2, 0.25) is 0 Å². The number of anilines is 4. The molecular weight excluding hydrogens is 1080 g/mol. The number of nitrogens with zero attached hydrogens (tertiary/aromatic N) is 4. The van der Waals surface area contributed by atoms with E-state index in [4.69, 9.17) is 9.72 Å². The van der Waals surface area contributed by atoms with Crippen LogP contribution in [-0.4, -0.2) is 9.55 Å². The standard InChI is InChI=1S/C68H55N4O.Pt/c1-67(2,3)50-38-36-49(37-39-50)57-41-53(42-63-65(57)56-30-16-17-33-60(56)72(63)64-43-59(68(4,5)6)58(44-69-64)48-26-14-9-15-27-48)73-52-29-20-28-51(40-52)70-45-71(62-35-19-18-34-61(62)70)66-54(46-22-10-7-11-23-46)31-21-32-55(66)47-24-12-8-13-25-47;/h7-39,41,43-45H,1-6H3;/q-3;/i20D,28D,29D;. The molecule has 0 radical (unpaired) electrons. The molecule has 5 nitrogen and oxygen atoms in total. The first kappa shape index (κ1) is 44.7. The van der Waals surface area contributed by atoms with Crippen LogP contribution in [0.3, 0.4) is 0 Å². The second kappa shape index (κ2) is 19.5. The second-order valence-electron chi connectivity index (χ2n) is 20.7. The van der Waals surface area contributed by atoms with Crippen molar-refractivity contribution in [2.75, 3.05) is 9.80 Å². The smallest absolute Gasteiger partial charge is 0.135 e.